The molecular formula is C16H19F3N2O4. The van der Waals surface area contributed by atoms with Gasteiger partial charge < -0.3 is 20.1 Å². The van der Waals surface area contributed by atoms with Crippen molar-refractivity contribution in [2.45, 2.75) is 38.8 Å². The van der Waals surface area contributed by atoms with Gasteiger partial charge in [0.2, 0.25) is 0 Å². The maximum Gasteiger partial charge on any atom is 0.407 e. The largest absolute Gasteiger partial charge is 0.478 e. The fourth-order valence-corrected chi connectivity index (χ4v) is 2.59. The van der Waals surface area contributed by atoms with Gasteiger partial charge in [-0.05, 0) is 33.3 Å². The first-order valence-electron chi connectivity index (χ1n) is 7.65. The third-order valence-corrected chi connectivity index (χ3v) is 3.59. The van der Waals surface area contributed by atoms with Crippen LogP contribution in [0.3, 0.4) is 0 Å². The van der Waals surface area contributed by atoms with Crippen LogP contribution in [0.5, 0.6) is 0 Å². The normalized spacial score (nSPS) is 17.5. The van der Waals surface area contributed by atoms with E-state index in [1.165, 1.54) is 4.90 Å². The summed E-state index contributed by atoms with van der Waals surface area (Å²) in [4.78, 5) is 23.8. The second kappa shape index (κ2) is 6.81. The summed E-state index contributed by atoms with van der Waals surface area (Å²) in [5.41, 5.74) is -2.39. The van der Waals surface area contributed by atoms with Crippen molar-refractivity contribution in [2.24, 2.45) is 0 Å². The number of ether oxygens (including phenoxy) is 1. The number of aromatic carboxylic acids is 1. The molecule has 2 rings (SSSR count). The van der Waals surface area contributed by atoms with E-state index in [-0.39, 0.29) is 13.1 Å². The number of carbonyl (C=O) groups is 2. The summed E-state index contributed by atoms with van der Waals surface area (Å²) < 4.78 is 47.1. The lowest BCUT2D eigenvalue weighted by Gasteiger charge is -2.23. The second-order valence-electron chi connectivity index (χ2n) is 6.77. The molecule has 0 aliphatic carbocycles. The number of carboxylic acids is 1. The number of carbonyl (C=O) groups excluding carboxylic acids is 1. The molecule has 1 fully saturated rings. The van der Waals surface area contributed by atoms with Gasteiger partial charge in [-0.1, -0.05) is 0 Å². The van der Waals surface area contributed by atoms with E-state index in [9.17, 15) is 22.8 Å². The lowest BCUT2D eigenvalue weighted by atomic mass is 10.1. The summed E-state index contributed by atoms with van der Waals surface area (Å²) in [6.45, 7) is 5.31. The van der Waals surface area contributed by atoms with Crippen molar-refractivity contribution in [3.8, 4) is 0 Å². The topological polar surface area (TPSA) is 78.9 Å². The van der Waals surface area contributed by atoms with E-state index >= 15 is 0 Å². The molecule has 1 atom stereocenters. The number of rotatable bonds is 3. The molecule has 2 N–H and O–H groups in total. The van der Waals surface area contributed by atoms with E-state index in [1.807, 2.05) is 0 Å². The number of hydrogen-bond acceptors (Lipinski definition) is 4. The molecule has 0 aromatic heterocycles. The fourth-order valence-electron chi connectivity index (χ4n) is 2.59. The number of amides is 1. The van der Waals surface area contributed by atoms with E-state index in [4.69, 9.17) is 9.84 Å². The molecule has 0 radical (unpaired) electrons. The van der Waals surface area contributed by atoms with Crippen LogP contribution in [0.4, 0.5) is 23.7 Å². The summed E-state index contributed by atoms with van der Waals surface area (Å²) in [6, 6.07) is 0.0147. The van der Waals surface area contributed by atoms with Gasteiger partial charge in [0.15, 0.2) is 17.5 Å². The van der Waals surface area contributed by atoms with Crippen LogP contribution in [0.25, 0.3) is 0 Å². The van der Waals surface area contributed by atoms with Crippen LogP contribution in [-0.2, 0) is 4.74 Å². The Kier molecular flexibility index (Phi) is 5.15. The molecule has 6 nitrogen and oxygen atoms in total. The molecule has 1 saturated heterocycles. The van der Waals surface area contributed by atoms with Crippen LogP contribution >= 0.6 is 0 Å². The zero-order valence-corrected chi connectivity index (χ0v) is 14.0. The Morgan fingerprint density at radius 3 is 2.48 bits per heavy atom. The third kappa shape index (κ3) is 4.34. The summed E-state index contributed by atoms with van der Waals surface area (Å²) in [5.74, 6) is -6.11. The monoisotopic (exact) mass is 360 g/mol. The average Bonchev–Trinajstić information content (AvgIpc) is 2.88. The molecule has 1 aliphatic heterocycles. The first-order chi connectivity index (χ1) is 11.5. The van der Waals surface area contributed by atoms with Gasteiger partial charge in [-0.2, -0.15) is 0 Å². The predicted octanol–water partition coefficient (Wildman–Crippen LogP) is 2.91. The van der Waals surface area contributed by atoms with E-state index in [2.05, 4.69) is 5.32 Å². The van der Waals surface area contributed by atoms with Crippen molar-refractivity contribution >= 4 is 17.7 Å². The second-order valence-corrected chi connectivity index (χ2v) is 6.77. The first-order valence-corrected chi connectivity index (χ1v) is 7.65. The van der Waals surface area contributed by atoms with Crippen LogP contribution in [0.1, 0.15) is 37.6 Å². The molecule has 0 saturated carbocycles. The zero-order valence-electron chi connectivity index (χ0n) is 14.0. The molecule has 9 heteroatoms. The Morgan fingerprint density at radius 2 is 1.92 bits per heavy atom. The number of alkyl carbamates (subject to hydrolysis) is 1. The molecule has 1 aromatic rings. The van der Waals surface area contributed by atoms with E-state index in [0.29, 0.717) is 12.5 Å². The predicted molar refractivity (Wildman–Crippen MR) is 83.3 cm³/mol. The summed E-state index contributed by atoms with van der Waals surface area (Å²) in [6.07, 6.45) is -0.284. The van der Waals surface area contributed by atoms with E-state index < -0.39 is 52.4 Å². The van der Waals surface area contributed by atoms with E-state index in [1.54, 1.807) is 20.8 Å². The molecule has 138 valence electrons. The van der Waals surface area contributed by atoms with Gasteiger partial charge in [0, 0.05) is 13.1 Å². The summed E-state index contributed by atoms with van der Waals surface area (Å²) in [5, 5.41) is 11.3. The van der Waals surface area contributed by atoms with Gasteiger partial charge in [0.05, 0.1) is 6.04 Å². The minimum absolute atomic E-state index is 0.0406. The molecule has 1 aliphatic rings. The Morgan fingerprint density at radius 1 is 1.28 bits per heavy atom. The van der Waals surface area contributed by atoms with Crippen molar-refractivity contribution in [2.75, 3.05) is 18.0 Å². The SMILES string of the molecule is CC(C)(C)OC(=O)N[C@H]1CCN(c2c(F)cc(C(=O)O)c(F)c2F)C1. The summed E-state index contributed by atoms with van der Waals surface area (Å²) >= 11 is 0. The van der Waals surface area contributed by atoms with Crippen LogP contribution in [0.2, 0.25) is 0 Å². The molecule has 0 unspecified atom stereocenters. The van der Waals surface area contributed by atoms with Crippen molar-refractivity contribution in [1.82, 2.24) is 5.32 Å². The Balaban J connectivity index is 2.13. The number of carboxylic acid groups (broad SMARTS) is 1. The van der Waals surface area contributed by atoms with Gasteiger partial charge in [0.25, 0.3) is 0 Å². The fraction of sp³-hybridized carbons (Fsp3) is 0.500. The molecular weight excluding hydrogens is 341 g/mol. The van der Waals surface area contributed by atoms with Crippen molar-refractivity contribution in [3.63, 3.8) is 0 Å². The Labute approximate surface area is 142 Å². The zero-order chi connectivity index (χ0) is 18.9. The highest BCUT2D eigenvalue weighted by Crippen LogP contribution is 2.30. The van der Waals surface area contributed by atoms with Gasteiger partial charge in [-0.3, -0.25) is 0 Å². The number of benzene rings is 1. The van der Waals surface area contributed by atoms with Gasteiger partial charge in [0.1, 0.15) is 16.9 Å². The molecule has 1 amide bonds. The maximum atomic E-state index is 14.1. The summed E-state index contributed by atoms with van der Waals surface area (Å²) in [7, 11) is 0. The first kappa shape index (κ1) is 18.9. The minimum atomic E-state index is -1.76. The van der Waals surface area contributed by atoms with Gasteiger partial charge in [-0.15, -0.1) is 0 Å². The van der Waals surface area contributed by atoms with Gasteiger partial charge >= 0.3 is 12.1 Å². The number of halogens is 3. The maximum absolute atomic E-state index is 14.1. The van der Waals surface area contributed by atoms with E-state index in [0.717, 1.165) is 0 Å². The average molecular weight is 360 g/mol. The highest BCUT2D eigenvalue weighted by molar-refractivity contribution is 5.88. The third-order valence-electron chi connectivity index (χ3n) is 3.59. The van der Waals surface area contributed by atoms with Crippen molar-refractivity contribution < 1.29 is 32.6 Å². The minimum Gasteiger partial charge on any atom is -0.478 e. The highest BCUT2D eigenvalue weighted by atomic mass is 19.2. The number of hydrogen-bond donors (Lipinski definition) is 2. The molecule has 0 bridgehead atoms. The number of nitrogens with zero attached hydrogens (tertiary/aromatic N) is 1. The lowest BCUT2D eigenvalue weighted by molar-refractivity contribution is 0.0508. The number of anilines is 1. The number of nitrogens with one attached hydrogen (secondary N) is 1. The molecule has 1 aromatic carbocycles. The highest BCUT2D eigenvalue weighted by Gasteiger charge is 2.32. The smallest absolute Gasteiger partial charge is 0.407 e. The standard InChI is InChI=1S/C16H19F3N2O4/c1-16(2,3)25-15(24)20-8-4-5-21(7-8)13-10(17)6-9(14(22)23)11(18)12(13)19/h6,8H,4-5,7H2,1-3H3,(H,20,24)(H,22,23)/t8-/m0/s1. The van der Waals surface area contributed by atoms with Crippen molar-refractivity contribution in [3.05, 3.63) is 29.1 Å². The molecule has 0 spiro atoms. The molecule has 25 heavy (non-hydrogen) atoms. The van der Waals surface area contributed by atoms with Crippen LogP contribution < -0.4 is 10.2 Å². The van der Waals surface area contributed by atoms with Gasteiger partial charge in [-0.25, -0.2) is 22.8 Å². The lowest BCUT2D eigenvalue weighted by Crippen LogP contribution is -2.40. The molecule has 1 heterocycles. The van der Waals surface area contributed by atoms with Crippen LogP contribution in [0, 0.1) is 17.5 Å². The van der Waals surface area contributed by atoms with Crippen molar-refractivity contribution in [1.29, 1.82) is 0 Å². The van der Waals surface area contributed by atoms with Crippen LogP contribution in [-0.4, -0.2) is 41.9 Å². The van der Waals surface area contributed by atoms with Crippen LogP contribution in [0.15, 0.2) is 6.07 Å². The Hall–Kier alpha value is -2.45. The Bertz CT molecular complexity index is 704. The quantitative estimate of drug-likeness (QED) is 0.811.